The first-order valence-corrected chi connectivity index (χ1v) is 6.31. The number of halogens is 5. The van der Waals surface area contributed by atoms with Crippen molar-refractivity contribution in [2.75, 3.05) is 14.2 Å². The Kier molecular flexibility index (Phi) is 7.69. The molecule has 0 aliphatic heterocycles. The van der Waals surface area contributed by atoms with E-state index in [9.17, 15) is 13.2 Å². The molecule has 0 saturated heterocycles. The first kappa shape index (κ1) is 19.3. The van der Waals surface area contributed by atoms with E-state index in [1.807, 2.05) is 0 Å². The first-order valence-electron chi connectivity index (χ1n) is 5.52. The van der Waals surface area contributed by atoms with Gasteiger partial charge in [-0.15, -0.1) is 12.4 Å². The van der Waals surface area contributed by atoms with Crippen LogP contribution < -0.4 is 15.2 Å². The highest BCUT2D eigenvalue weighted by molar-refractivity contribution is 9.10. The van der Waals surface area contributed by atoms with Crippen molar-refractivity contribution in [3.63, 3.8) is 0 Å². The van der Waals surface area contributed by atoms with Crippen LogP contribution in [0.4, 0.5) is 13.2 Å². The van der Waals surface area contributed by atoms with Crippen molar-refractivity contribution in [1.82, 2.24) is 0 Å². The van der Waals surface area contributed by atoms with Gasteiger partial charge in [-0.05, 0) is 40.0 Å². The van der Waals surface area contributed by atoms with E-state index in [0.29, 0.717) is 21.5 Å². The lowest BCUT2D eigenvalue weighted by Gasteiger charge is -2.17. The summed E-state index contributed by atoms with van der Waals surface area (Å²) < 4.78 is 47.4. The molecule has 116 valence electrons. The molecular weight excluding hydrogens is 362 g/mol. The zero-order valence-electron chi connectivity index (χ0n) is 11.0. The molecule has 0 amide bonds. The molecule has 20 heavy (non-hydrogen) atoms. The Bertz CT molecular complexity index is 418. The van der Waals surface area contributed by atoms with Crippen molar-refractivity contribution >= 4 is 28.3 Å². The summed E-state index contributed by atoms with van der Waals surface area (Å²) in [6.45, 7) is 0. The van der Waals surface area contributed by atoms with Crippen LogP contribution in [-0.2, 0) is 0 Å². The minimum Gasteiger partial charge on any atom is -0.495 e. The summed E-state index contributed by atoms with van der Waals surface area (Å²) in [5, 5.41) is 0. The Labute approximate surface area is 130 Å². The normalized spacial score (nSPS) is 12.6. The van der Waals surface area contributed by atoms with Gasteiger partial charge in [0.15, 0.2) is 0 Å². The molecule has 8 heteroatoms. The minimum absolute atomic E-state index is 0. The highest BCUT2D eigenvalue weighted by atomic mass is 79.9. The fraction of sp³-hybridized carbons (Fsp3) is 0.500. The molecule has 0 aliphatic carbocycles. The van der Waals surface area contributed by atoms with Gasteiger partial charge in [0.25, 0.3) is 0 Å². The van der Waals surface area contributed by atoms with Gasteiger partial charge in [0.05, 0.1) is 14.2 Å². The summed E-state index contributed by atoms with van der Waals surface area (Å²) in [7, 11) is 2.93. The van der Waals surface area contributed by atoms with E-state index >= 15 is 0 Å². The molecule has 1 rings (SSSR count). The van der Waals surface area contributed by atoms with Crippen LogP contribution in [0, 0.1) is 0 Å². The smallest absolute Gasteiger partial charge is 0.389 e. The summed E-state index contributed by atoms with van der Waals surface area (Å²) >= 11 is 3.28. The third-order valence-electron chi connectivity index (χ3n) is 2.63. The Hall–Kier alpha value is -0.660. The van der Waals surface area contributed by atoms with Crippen LogP contribution in [0.3, 0.4) is 0 Å². The fourth-order valence-electron chi connectivity index (χ4n) is 1.59. The molecular formula is C12H16BrClF3NO2. The van der Waals surface area contributed by atoms with Crippen molar-refractivity contribution in [3.8, 4) is 11.5 Å². The zero-order chi connectivity index (χ0) is 14.6. The van der Waals surface area contributed by atoms with Crippen molar-refractivity contribution in [2.45, 2.75) is 25.1 Å². The number of benzene rings is 1. The molecule has 0 saturated carbocycles. The van der Waals surface area contributed by atoms with Gasteiger partial charge in [0.2, 0.25) is 0 Å². The second kappa shape index (κ2) is 7.95. The van der Waals surface area contributed by atoms with E-state index in [-0.39, 0.29) is 18.8 Å². The van der Waals surface area contributed by atoms with E-state index in [1.54, 1.807) is 12.1 Å². The van der Waals surface area contributed by atoms with Crippen LogP contribution in [0.5, 0.6) is 11.5 Å². The number of rotatable bonds is 5. The minimum atomic E-state index is -4.21. The fourth-order valence-corrected chi connectivity index (χ4v) is 2.14. The van der Waals surface area contributed by atoms with Gasteiger partial charge < -0.3 is 15.2 Å². The van der Waals surface area contributed by atoms with Crippen molar-refractivity contribution in [1.29, 1.82) is 0 Å². The van der Waals surface area contributed by atoms with Crippen LogP contribution in [0.2, 0.25) is 0 Å². The number of nitrogens with two attached hydrogens (primary N) is 1. The summed E-state index contributed by atoms with van der Waals surface area (Å²) in [6, 6.07) is 2.49. The Balaban J connectivity index is 0.00000361. The molecule has 2 N–H and O–H groups in total. The van der Waals surface area contributed by atoms with Crippen molar-refractivity contribution in [2.24, 2.45) is 5.73 Å². The third-order valence-corrected chi connectivity index (χ3v) is 3.42. The van der Waals surface area contributed by atoms with E-state index in [1.165, 1.54) is 14.2 Å². The molecule has 0 aliphatic rings. The second-order valence-corrected chi connectivity index (χ2v) is 4.79. The maximum absolute atomic E-state index is 12.2. The largest absolute Gasteiger partial charge is 0.495 e. The van der Waals surface area contributed by atoms with Gasteiger partial charge >= 0.3 is 6.18 Å². The Morgan fingerprint density at radius 2 is 1.65 bits per heavy atom. The Morgan fingerprint density at radius 3 is 2.00 bits per heavy atom. The number of hydrogen-bond donors (Lipinski definition) is 1. The van der Waals surface area contributed by atoms with Crippen LogP contribution in [-0.4, -0.2) is 20.4 Å². The highest BCUT2D eigenvalue weighted by Gasteiger charge is 2.28. The van der Waals surface area contributed by atoms with E-state index < -0.39 is 18.6 Å². The molecule has 0 fully saturated rings. The maximum Gasteiger partial charge on any atom is 0.389 e. The van der Waals surface area contributed by atoms with Gasteiger partial charge in [0, 0.05) is 12.5 Å². The zero-order valence-corrected chi connectivity index (χ0v) is 13.4. The highest BCUT2D eigenvalue weighted by Crippen LogP contribution is 2.38. The van der Waals surface area contributed by atoms with E-state index in [4.69, 9.17) is 15.2 Å². The SMILES string of the molecule is COc1cc([C@@H](N)CCC(F)(F)F)cc(OC)c1Br.Cl. The third kappa shape index (κ3) is 5.38. The number of alkyl halides is 3. The van der Waals surface area contributed by atoms with E-state index in [0.717, 1.165) is 0 Å². The number of ether oxygens (including phenoxy) is 2. The lowest BCUT2D eigenvalue weighted by Crippen LogP contribution is -2.16. The monoisotopic (exact) mass is 377 g/mol. The predicted molar refractivity (Wildman–Crippen MR) is 76.7 cm³/mol. The van der Waals surface area contributed by atoms with Gasteiger partial charge in [-0.25, -0.2) is 0 Å². The molecule has 0 radical (unpaired) electrons. The number of methoxy groups -OCH3 is 2. The molecule has 0 spiro atoms. The average Bonchev–Trinajstić information content (AvgIpc) is 2.35. The average molecular weight is 379 g/mol. The van der Waals surface area contributed by atoms with Crippen molar-refractivity contribution in [3.05, 3.63) is 22.2 Å². The number of hydrogen-bond acceptors (Lipinski definition) is 3. The lowest BCUT2D eigenvalue weighted by atomic mass is 10.0. The van der Waals surface area contributed by atoms with Crippen LogP contribution >= 0.6 is 28.3 Å². The topological polar surface area (TPSA) is 44.5 Å². The molecule has 0 bridgehead atoms. The quantitative estimate of drug-likeness (QED) is 0.834. The Morgan fingerprint density at radius 1 is 1.20 bits per heavy atom. The van der Waals surface area contributed by atoms with Crippen LogP contribution in [0.15, 0.2) is 16.6 Å². The van der Waals surface area contributed by atoms with Gasteiger partial charge in [-0.1, -0.05) is 0 Å². The molecule has 0 unspecified atom stereocenters. The van der Waals surface area contributed by atoms with Gasteiger partial charge in [-0.2, -0.15) is 13.2 Å². The summed E-state index contributed by atoms with van der Waals surface area (Å²) in [5.41, 5.74) is 6.32. The van der Waals surface area contributed by atoms with Crippen molar-refractivity contribution < 1.29 is 22.6 Å². The maximum atomic E-state index is 12.2. The molecule has 1 aromatic rings. The summed E-state index contributed by atoms with van der Waals surface area (Å²) in [5.74, 6) is 0.939. The predicted octanol–water partition coefficient (Wildman–Crippen LogP) is 4.23. The molecule has 0 heterocycles. The van der Waals surface area contributed by atoms with Crippen LogP contribution in [0.25, 0.3) is 0 Å². The van der Waals surface area contributed by atoms with Gasteiger partial charge in [-0.3, -0.25) is 0 Å². The molecule has 1 atom stereocenters. The molecule has 0 aromatic heterocycles. The molecule has 1 aromatic carbocycles. The first-order chi connectivity index (χ1) is 8.78. The summed E-state index contributed by atoms with van der Waals surface area (Å²) in [6.07, 6.45) is -5.31. The van der Waals surface area contributed by atoms with Crippen LogP contribution in [0.1, 0.15) is 24.4 Å². The van der Waals surface area contributed by atoms with E-state index in [2.05, 4.69) is 15.9 Å². The summed E-state index contributed by atoms with van der Waals surface area (Å²) in [4.78, 5) is 0. The standard InChI is InChI=1S/C12H15BrF3NO2.ClH/c1-18-9-5-7(6-10(19-2)11(9)13)8(17)3-4-12(14,15)16;/h5-6,8H,3-4,17H2,1-2H3;1H/t8-;/m0./s1. The molecule has 3 nitrogen and oxygen atoms in total. The second-order valence-electron chi connectivity index (χ2n) is 4.00. The lowest BCUT2D eigenvalue weighted by molar-refractivity contribution is -0.136. The van der Waals surface area contributed by atoms with Gasteiger partial charge in [0.1, 0.15) is 16.0 Å².